The van der Waals surface area contributed by atoms with Crippen LogP contribution in [-0.2, 0) is 4.74 Å². The summed E-state index contributed by atoms with van der Waals surface area (Å²) >= 11 is 0. The zero-order valence-electron chi connectivity index (χ0n) is 10.8. The van der Waals surface area contributed by atoms with Crippen molar-refractivity contribution in [3.05, 3.63) is 37.5 Å². The molecule has 0 fully saturated rings. The standard InChI is InChI=1S/C11H19NO2.C2H4/c1-6-7-9(2)8-12-10(13)14-11(3,4)5;1-2/h6-7H,2,8H2,1,3-5H3,(H,12,13);1-2H2/b7-6-;. The molecule has 0 saturated heterocycles. The van der Waals surface area contributed by atoms with E-state index in [4.69, 9.17) is 4.74 Å². The van der Waals surface area contributed by atoms with Crippen LogP contribution in [0, 0.1) is 0 Å². The largest absolute Gasteiger partial charge is 0.444 e. The van der Waals surface area contributed by atoms with Gasteiger partial charge in [0.15, 0.2) is 0 Å². The molecule has 0 rings (SSSR count). The number of amides is 1. The Kier molecular flexibility index (Phi) is 9.27. The summed E-state index contributed by atoms with van der Waals surface area (Å²) in [6, 6.07) is 0. The van der Waals surface area contributed by atoms with Gasteiger partial charge in [0, 0.05) is 6.54 Å². The highest BCUT2D eigenvalue weighted by Crippen LogP contribution is 2.06. The third-order valence-electron chi connectivity index (χ3n) is 1.26. The molecule has 1 N–H and O–H groups in total. The van der Waals surface area contributed by atoms with Crippen molar-refractivity contribution in [3.8, 4) is 0 Å². The molecule has 0 aromatic heterocycles. The van der Waals surface area contributed by atoms with Crippen LogP contribution in [0.25, 0.3) is 0 Å². The number of ether oxygens (including phenoxy) is 1. The van der Waals surface area contributed by atoms with Crippen molar-refractivity contribution in [2.45, 2.75) is 33.3 Å². The molecule has 0 atom stereocenters. The first-order chi connectivity index (χ1) is 7.35. The maximum Gasteiger partial charge on any atom is 0.407 e. The SMILES string of the molecule is C=C.C=C(/C=C\C)CNC(=O)OC(C)(C)C. The van der Waals surface area contributed by atoms with E-state index in [9.17, 15) is 4.79 Å². The van der Waals surface area contributed by atoms with Gasteiger partial charge in [0.05, 0.1) is 0 Å². The summed E-state index contributed by atoms with van der Waals surface area (Å²) in [4.78, 5) is 11.2. The molecule has 1 amide bonds. The average molecular weight is 225 g/mol. The summed E-state index contributed by atoms with van der Waals surface area (Å²) in [5.74, 6) is 0. The first kappa shape index (κ1) is 16.9. The van der Waals surface area contributed by atoms with Gasteiger partial charge >= 0.3 is 6.09 Å². The van der Waals surface area contributed by atoms with Crippen molar-refractivity contribution >= 4 is 6.09 Å². The smallest absolute Gasteiger partial charge is 0.407 e. The average Bonchev–Trinajstić information content (AvgIpc) is 2.16. The lowest BCUT2D eigenvalue weighted by Gasteiger charge is -2.19. The van der Waals surface area contributed by atoms with E-state index in [2.05, 4.69) is 25.1 Å². The molecular weight excluding hydrogens is 202 g/mol. The Balaban J connectivity index is 0. The topological polar surface area (TPSA) is 38.3 Å². The van der Waals surface area contributed by atoms with Crippen LogP contribution in [-0.4, -0.2) is 18.2 Å². The maximum atomic E-state index is 11.2. The number of allylic oxidation sites excluding steroid dienone is 1. The molecule has 3 nitrogen and oxygen atoms in total. The van der Waals surface area contributed by atoms with Gasteiger partial charge in [0.25, 0.3) is 0 Å². The lowest BCUT2D eigenvalue weighted by atomic mass is 10.2. The first-order valence-corrected chi connectivity index (χ1v) is 5.12. The fourth-order valence-corrected chi connectivity index (χ4v) is 0.795. The van der Waals surface area contributed by atoms with Crippen LogP contribution in [0.4, 0.5) is 4.79 Å². The molecular formula is C13H23NO2. The Labute approximate surface area is 98.9 Å². The molecule has 0 radical (unpaired) electrons. The van der Waals surface area contributed by atoms with E-state index in [0.29, 0.717) is 6.54 Å². The third kappa shape index (κ3) is 12.5. The number of carbonyl (C=O) groups excluding carboxylic acids is 1. The van der Waals surface area contributed by atoms with Crippen molar-refractivity contribution in [1.29, 1.82) is 0 Å². The summed E-state index contributed by atoms with van der Waals surface area (Å²) in [5, 5.41) is 2.61. The van der Waals surface area contributed by atoms with Crippen LogP contribution in [0.5, 0.6) is 0 Å². The molecule has 0 aliphatic heterocycles. The Hall–Kier alpha value is -1.51. The van der Waals surface area contributed by atoms with Gasteiger partial charge in [0.1, 0.15) is 5.60 Å². The maximum absolute atomic E-state index is 11.2. The van der Waals surface area contributed by atoms with E-state index >= 15 is 0 Å². The number of rotatable bonds is 3. The van der Waals surface area contributed by atoms with E-state index in [1.54, 1.807) is 0 Å². The van der Waals surface area contributed by atoms with Crippen LogP contribution >= 0.6 is 0 Å². The Morgan fingerprint density at radius 2 is 1.88 bits per heavy atom. The summed E-state index contributed by atoms with van der Waals surface area (Å²) in [6.07, 6.45) is 3.30. The van der Waals surface area contributed by atoms with Gasteiger partial charge in [-0.15, -0.1) is 13.2 Å². The summed E-state index contributed by atoms with van der Waals surface area (Å²) in [6.45, 7) is 17.6. The van der Waals surface area contributed by atoms with Crippen molar-refractivity contribution in [2.75, 3.05) is 6.54 Å². The van der Waals surface area contributed by atoms with E-state index in [1.165, 1.54) is 0 Å². The molecule has 16 heavy (non-hydrogen) atoms. The van der Waals surface area contributed by atoms with Crippen LogP contribution in [0.15, 0.2) is 37.5 Å². The quantitative estimate of drug-likeness (QED) is 0.590. The minimum atomic E-state index is -0.452. The normalized spacial score (nSPS) is 10.2. The lowest BCUT2D eigenvalue weighted by molar-refractivity contribution is 0.0533. The summed E-state index contributed by atoms with van der Waals surface area (Å²) in [5.41, 5.74) is 0.393. The molecule has 0 spiro atoms. The zero-order chi connectivity index (χ0) is 13.2. The summed E-state index contributed by atoms with van der Waals surface area (Å²) < 4.78 is 5.05. The van der Waals surface area contributed by atoms with Crippen molar-refractivity contribution in [3.63, 3.8) is 0 Å². The fourth-order valence-electron chi connectivity index (χ4n) is 0.795. The molecule has 92 valence electrons. The molecule has 0 aromatic carbocycles. The Morgan fingerprint density at radius 1 is 1.38 bits per heavy atom. The van der Waals surface area contributed by atoms with Crippen molar-refractivity contribution in [1.82, 2.24) is 5.32 Å². The van der Waals surface area contributed by atoms with Crippen LogP contribution < -0.4 is 5.32 Å². The first-order valence-electron chi connectivity index (χ1n) is 5.12. The van der Waals surface area contributed by atoms with Crippen molar-refractivity contribution in [2.24, 2.45) is 0 Å². The molecule has 0 saturated carbocycles. The van der Waals surface area contributed by atoms with Crippen LogP contribution in [0.1, 0.15) is 27.7 Å². The molecule has 0 bridgehead atoms. The predicted octanol–water partition coefficient (Wildman–Crippen LogP) is 3.45. The van der Waals surface area contributed by atoms with Crippen LogP contribution in [0.3, 0.4) is 0 Å². The minimum absolute atomic E-state index is 0.414. The van der Waals surface area contributed by atoms with Crippen LogP contribution in [0.2, 0.25) is 0 Å². The second kappa shape index (κ2) is 8.77. The third-order valence-corrected chi connectivity index (χ3v) is 1.26. The number of carbonyl (C=O) groups is 1. The number of hydrogen-bond acceptors (Lipinski definition) is 2. The highest BCUT2D eigenvalue weighted by molar-refractivity contribution is 5.68. The Morgan fingerprint density at radius 3 is 2.25 bits per heavy atom. The van der Waals surface area contributed by atoms with Gasteiger partial charge in [-0.05, 0) is 33.3 Å². The molecule has 0 aromatic rings. The highest BCUT2D eigenvalue weighted by Gasteiger charge is 2.15. The molecule has 0 heterocycles. The monoisotopic (exact) mass is 225 g/mol. The van der Waals surface area contributed by atoms with Gasteiger partial charge in [-0.1, -0.05) is 18.7 Å². The van der Waals surface area contributed by atoms with Gasteiger partial charge in [0.2, 0.25) is 0 Å². The van der Waals surface area contributed by atoms with Gasteiger partial charge in [-0.3, -0.25) is 0 Å². The van der Waals surface area contributed by atoms with Crippen molar-refractivity contribution < 1.29 is 9.53 Å². The second-order valence-corrected chi connectivity index (χ2v) is 4.01. The number of nitrogens with one attached hydrogen (secondary N) is 1. The molecule has 3 heteroatoms. The van der Waals surface area contributed by atoms with E-state index in [1.807, 2.05) is 39.8 Å². The highest BCUT2D eigenvalue weighted by atomic mass is 16.6. The fraction of sp³-hybridized carbons (Fsp3) is 0.462. The molecule has 0 aliphatic rings. The van der Waals surface area contributed by atoms with Gasteiger partial charge < -0.3 is 10.1 Å². The second-order valence-electron chi connectivity index (χ2n) is 4.01. The van der Waals surface area contributed by atoms with E-state index in [0.717, 1.165) is 5.57 Å². The molecule has 0 unspecified atom stereocenters. The molecule has 0 aliphatic carbocycles. The number of alkyl carbamates (subject to hydrolysis) is 1. The van der Waals surface area contributed by atoms with Gasteiger partial charge in [-0.2, -0.15) is 0 Å². The van der Waals surface area contributed by atoms with E-state index < -0.39 is 11.7 Å². The van der Waals surface area contributed by atoms with E-state index in [-0.39, 0.29) is 0 Å². The minimum Gasteiger partial charge on any atom is -0.444 e. The zero-order valence-corrected chi connectivity index (χ0v) is 10.8. The Bertz CT molecular complexity index is 249. The lowest BCUT2D eigenvalue weighted by Crippen LogP contribution is -2.33. The van der Waals surface area contributed by atoms with Gasteiger partial charge in [-0.25, -0.2) is 4.79 Å². The summed E-state index contributed by atoms with van der Waals surface area (Å²) in [7, 11) is 0. The number of hydrogen-bond donors (Lipinski definition) is 1. The predicted molar refractivity (Wildman–Crippen MR) is 69.4 cm³/mol.